The third-order valence-corrected chi connectivity index (χ3v) is 5.09. The topological polar surface area (TPSA) is 55.4 Å². The fraction of sp³-hybridized carbons (Fsp3) is 0.857. The highest BCUT2D eigenvalue weighted by Gasteiger charge is 2.67. The van der Waals surface area contributed by atoms with Crippen LogP contribution in [0, 0.1) is 16.7 Å². The Morgan fingerprint density at radius 1 is 1.50 bits per heavy atom. The van der Waals surface area contributed by atoms with Crippen LogP contribution < -0.4 is 5.32 Å². The summed E-state index contributed by atoms with van der Waals surface area (Å²) < 4.78 is 4.95. The summed E-state index contributed by atoms with van der Waals surface area (Å²) >= 11 is 0. The van der Waals surface area contributed by atoms with Gasteiger partial charge in [-0.3, -0.25) is 9.59 Å². The van der Waals surface area contributed by atoms with Crippen molar-refractivity contribution in [2.75, 3.05) is 20.3 Å². The van der Waals surface area contributed by atoms with Crippen molar-refractivity contribution in [1.82, 2.24) is 5.32 Å². The highest BCUT2D eigenvalue weighted by molar-refractivity contribution is 6.09. The third kappa shape index (κ3) is 1.69. The summed E-state index contributed by atoms with van der Waals surface area (Å²) in [6.45, 7) is 5.37. The molecule has 0 aromatic carbocycles. The summed E-state index contributed by atoms with van der Waals surface area (Å²) in [4.78, 5) is 24.7. The van der Waals surface area contributed by atoms with Crippen LogP contribution in [0.25, 0.3) is 0 Å². The lowest BCUT2D eigenvalue weighted by Gasteiger charge is -2.34. The number of amides is 1. The van der Waals surface area contributed by atoms with E-state index in [4.69, 9.17) is 4.74 Å². The highest BCUT2D eigenvalue weighted by Crippen LogP contribution is 2.63. The van der Waals surface area contributed by atoms with E-state index in [2.05, 4.69) is 19.2 Å². The molecular formula is C14H23NO3. The van der Waals surface area contributed by atoms with Crippen molar-refractivity contribution in [3.05, 3.63) is 0 Å². The summed E-state index contributed by atoms with van der Waals surface area (Å²) in [5, 5.41) is 2.92. The van der Waals surface area contributed by atoms with Gasteiger partial charge in [-0.25, -0.2) is 0 Å². The molecule has 2 atom stereocenters. The molecular weight excluding hydrogens is 230 g/mol. The minimum atomic E-state index is -0.759. The number of rotatable bonds is 5. The number of ether oxygens (including phenoxy) is 1. The molecule has 1 amide bonds. The van der Waals surface area contributed by atoms with Crippen LogP contribution in [0.1, 0.15) is 39.5 Å². The zero-order valence-electron chi connectivity index (χ0n) is 11.5. The molecule has 2 rings (SSSR count). The molecule has 18 heavy (non-hydrogen) atoms. The van der Waals surface area contributed by atoms with Crippen LogP contribution in [0.15, 0.2) is 0 Å². The van der Waals surface area contributed by atoms with E-state index in [1.54, 1.807) is 7.11 Å². The largest absolute Gasteiger partial charge is 0.385 e. The van der Waals surface area contributed by atoms with Gasteiger partial charge in [0.2, 0.25) is 5.91 Å². The molecule has 4 heteroatoms. The number of nitrogens with one attached hydrogen (secondary N) is 1. The van der Waals surface area contributed by atoms with E-state index in [0.717, 1.165) is 19.3 Å². The molecule has 0 radical (unpaired) electrons. The Morgan fingerprint density at radius 2 is 2.22 bits per heavy atom. The first-order valence-electron chi connectivity index (χ1n) is 6.77. The second-order valence-corrected chi connectivity index (χ2v) is 6.09. The predicted molar refractivity (Wildman–Crippen MR) is 68.1 cm³/mol. The molecule has 2 aliphatic carbocycles. The first-order valence-corrected chi connectivity index (χ1v) is 6.77. The molecule has 0 saturated heterocycles. The van der Waals surface area contributed by atoms with Gasteiger partial charge in [0.1, 0.15) is 11.2 Å². The summed E-state index contributed by atoms with van der Waals surface area (Å²) in [6, 6.07) is 0. The molecule has 0 spiro atoms. The molecule has 2 aliphatic rings. The van der Waals surface area contributed by atoms with Crippen LogP contribution >= 0.6 is 0 Å². The maximum atomic E-state index is 12.4. The van der Waals surface area contributed by atoms with Gasteiger partial charge in [-0.15, -0.1) is 0 Å². The number of fused-ring (bicyclic) bond motifs is 2. The zero-order valence-corrected chi connectivity index (χ0v) is 11.5. The average Bonchev–Trinajstić information content (AvgIpc) is 2.68. The smallest absolute Gasteiger partial charge is 0.234 e. The fourth-order valence-corrected chi connectivity index (χ4v) is 3.78. The van der Waals surface area contributed by atoms with E-state index >= 15 is 0 Å². The van der Waals surface area contributed by atoms with Crippen LogP contribution in [-0.4, -0.2) is 32.0 Å². The van der Waals surface area contributed by atoms with E-state index in [9.17, 15) is 9.59 Å². The number of carbonyl (C=O) groups is 2. The maximum absolute atomic E-state index is 12.4. The van der Waals surface area contributed by atoms with E-state index in [1.807, 2.05) is 0 Å². The summed E-state index contributed by atoms with van der Waals surface area (Å²) in [5.41, 5.74) is -0.944. The van der Waals surface area contributed by atoms with Gasteiger partial charge >= 0.3 is 0 Å². The predicted octanol–water partition coefficient (Wildman–Crippen LogP) is 1.53. The Hall–Kier alpha value is -0.900. The van der Waals surface area contributed by atoms with Crippen LogP contribution in [0.2, 0.25) is 0 Å². The molecule has 1 N–H and O–H groups in total. The molecule has 0 aliphatic heterocycles. The number of hydrogen-bond donors (Lipinski definition) is 1. The fourth-order valence-electron chi connectivity index (χ4n) is 3.78. The van der Waals surface area contributed by atoms with E-state index in [-0.39, 0.29) is 17.1 Å². The van der Waals surface area contributed by atoms with Gasteiger partial charge in [-0.2, -0.15) is 0 Å². The van der Waals surface area contributed by atoms with Crippen molar-refractivity contribution in [3.8, 4) is 0 Å². The minimum absolute atomic E-state index is 0.0615. The maximum Gasteiger partial charge on any atom is 0.234 e. The first kappa shape index (κ1) is 13.5. The minimum Gasteiger partial charge on any atom is -0.385 e. The molecule has 2 fully saturated rings. The van der Waals surface area contributed by atoms with Crippen molar-refractivity contribution >= 4 is 11.7 Å². The average molecular weight is 253 g/mol. The lowest BCUT2D eigenvalue weighted by atomic mass is 9.68. The van der Waals surface area contributed by atoms with Crippen LogP contribution in [-0.2, 0) is 14.3 Å². The van der Waals surface area contributed by atoms with E-state index in [1.165, 1.54) is 0 Å². The van der Waals surface area contributed by atoms with Crippen molar-refractivity contribution in [3.63, 3.8) is 0 Å². The van der Waals surface area contributed by atoms with Gasteiger partial charge in [-0.05, 0) is 30.6 Å². The van der Waals surface area contributed by atoms with Gasteiger partial charge in [0.15, 0.2) is 0 Å². The van der Waals surface area contributed by atoms with E-state index in [0.29, 0.717) is 25.5 Å². The Bertz CT molecular complexity index is 364. The Labute approximate surface area is 108 Å². The zero-order chi connectivity index (χ0) is 13.4. The van der Waals surface area contributed by atoms with Gasteiger partial charge in [0.05, 0.1) is 0 Å². The molecule has 102 valence electrons. The lowest BCUT2D eigenvalue weighted by Crippen LogP contribution is -2.50. The summed E-state index contributed by atoms with van der Waals surface area (Å²) in [6.07, 6.45) is 3.10. The highest BCUT2D eigenvalue weighted by atomic mass is 16.5. The second kappa shape index (κ2) is 4.65. The molecule has 2 bridgehead atoms. The lowest BCUT2D eigenvalue weighted by molar-refractivity contribution is -0.144. The Morgan fingerprint density at radius 3 is 2.72 bits per heavy atom. The quantitative estimate of drug-likeness (QED) is 0.597. The monoisotopic (exact) mass is 253 g/mol. The molecule has 2 unspecified atom stereocenters. The van der Waals surface area contributed by atoms with Crippen molar-refractivity contribution in [1.29, 1.82) is 0 Å². The summed E-state index contributed by atoms with van der Waals surface area (Å²) in [5.74, 6) is 0.469. The molecule has 0 heterocycles. The van der Waals surface area contributed by atoms with Gasteiger partial charge in [0, 0.05) is 26.7 Å². The normalized spacial score (nSPS) is 32.8. The van der Waals surface area contributed by atoms with E-state index < -0.39 is 5.41 Å². The molecule has 4 nitrogen and oxygen atoms in total. The third-order valence-electron chi connectivity index (χ3n) is 5.09. The Balaban J connectivity index is 2.06. The SMILES string of the molecule is COCCCNC(=O)C12CCC(CC1=O)C2(C)C. The molecule has 2 saturated carbocycles. The van der Waals surface area contributed by atoms with Crippen LogP contribution in [0.3, 0.4) is 0 Å². The van der Waals surface area contributed by atoms with Crippen molar-refractivity contribution in [2.24, 2.45) is 16.7 Å². The van der Waals surface area contributed by atoms with Crippen LogP contribution in [0.4, 0.5) is 0 Å². The number of Topliss-reactive ketones (excluding diaryl/α,β-unsaturated/α-hetero) is 1. The number of ketones is 1. The van der Waals surface area contributed by atoms with Gasteiger partial charge < -0.3 is 10.1 Å². The first-order chi connectivity index (χ1) is 8.46. The standard InChI is InChI=1S/C14H23NO3/c1-13(2)10-5-6-14(13,11(16)9-10)12(17)15-7-4-8-18-3/h10H,4-9H2,1-3H3,(H,15,17). The van der Waals surface area contributed by atoms with Gasteiger partial charge in [0.25, 0.3) is 0 Å². The van der Waals surface area contributed by atoms with Crippen LogP contribution in [0.5, 0.6) is 0 Å². The van der Waals surface area contributed by atoms with Crippen molar-refractivity contribution in [2.45, 2.75) is 39.5 Å². The van der Waals surface area contributed by atoms with Gasteiger partial charge in [-0.1, -0.05) is 13.8 Å². The number of hydrogen-bond acceptors (Lipinski definition) is 3. The van der Waals surface area contributed by atoms with Crippen molar-refractivity contribution < 1.29 is 14.3 Å². The second-order valence-electron chi connectivity index (χ2n) is 6.09. The molecule has 0 aromatic rings. The summed E-state index contributed by atoms with van der Waals surface area (Å²) in [7, 11) is 1.64. The number of methoxy groups -OCH3 is 1. The number of carbonyl (C=O) groups excluding carboxylic acids is 2. The Kier molecular flexibility index (Phi) is 3.49. The molecule has 0 aromatic heterocycles.